The van der Waals surface area contributed by atoms with Crippen LogP contribution in [-0.4, -0.2) is 110 Å². The van der Waals surface area contributed by atoms with Gasteiger partial charge in [0.2, 0.25) is 0 Å². The van der Waals surface area contributed by atoms with Crippen molar-refractivity contribution in [1.82, 2.24) is 4.90 Å². The summed E-state index contributed by atoms with van der Waals surface area (Å²) < 4.78 is 24.0. The minimum atomic E-state index is -1.55. The first-order chi connectivity index (χ1) is 15.8. The average molecular weight is 468 g/mol. The van der Waals surface area contributed by atoms with Crippen LogP contribution in [-0.2, 0) is 18.9 Å². The van der Waals surface area contributed by atoms with Crippen LogP contribution in [0, 0.1) is 34.5 Å². The molecule has 33 heavy (non-hydrogen) atoms. The average Bonchev–Trinajstić information content (AvgIpc) is 3.22. The molecule has 6 fully saturated rings. The standard InChI is InChI=1S/C25H41NO7/c1-6-26-11-22(12-30-2)8-7-16(27)24-14-9-13-15(31-3)10-23(28,17(14)18(13)32-4)25(29,21(24)26)20(33-5)19(22)24/h13-21,27-29H,6-12H2,1-5H3/t13-,14?,15+,16+,17-,18+,19-,20+,21+,22+,23-,24+,25-/m1/s1. The van der Waals surface area contributed by atoms with Crippen LogP contribution in [0.5, 0.6) is 0 Å². The van der Waals surface area contributed by atoms with Crippen LogP contribution in [0.3, 0.4) is 0 Å². The molecule has 8 heteroatoms. The van der Waals surface area contributed by atoms with E-state index in [-0.39, 0.29) is 47.3 Å². The van der Waals surface area contributed by atoms with Gasteiger partial charge in [-0.3, -0.25) is 4.90 Å². The van der Waals surface area contributed by atoms with E-state index in [0.717, 1.165) is 25.9 Å². The van der Waals surface area contributed by atoms with Gasteiger partial charge in [-0.1, -0.05) is 6.92 Å². The van der Waals surface area contributed by atoms with Crippen LogP contribution in [0.1, 0.15) is 32.6 Å². The SMILES string of the molecule is CCN1C[C@]2(COC)CC[C@H](O)[C@@]34C5C[C@H]6[C@H](OC)[C@@H]5[C@](O)(C[C@@H]6OC)[C@@](O)([C@@H](OC)[C@H]23)[C@@H]14. The van der Waals surface area contributed by atoms with Crippen LogP contribution < -0.4 is 0 Å². The highest BCUT2D eigenvalue weighted by molar-refractivity contribution is 5.41. The topological polar surface area (TPSA) is 101 Å². The molecular weight excluding hydrogens is 426 g/mol. The summed E-state index contributed by atoms with van der Waals surface area (Å²) in [5.41, 5.74) is -3.82. The monoisotopic (exact) mass is 467 g/mol. The van der Waals surface area contributed by atoms with E-state index in [1.165, 1.54) is 0 Å². The number of ether oxygens (including phenoxy) is 4. The third-order valence-corrected chi connectivity index (χ3v) is 11.5. The van der Waals surface area contributed by atoms with Gasteiger partial charge in [-0.2, -0.15) is 0 Å². The Morgan fingerprint density at radius 2 is 1.82 bits per heavy atom. The summed E-state index contributed by atoms with van der Waals surface area (Å²) in [6, 6.07) is -0.386. The second-order valence-electron chi connectivity index (χ2n) is 11.9. The quantitative estimate of drug-likeness (QED) is 0.512. The molecule has 8 nitrogen and oxygen atoms in total. The lowest BCUT2D eigenvalue weighted by atomic mass is 9.42. The lowest BCUT2D eigenvalue weighted by molar-refractivity contribution is -0.318. The Labute approximate surface area is 196 Å². The fraction of sp³-hybridized carbons (Fsp3) is 1.00. The molecule has 1 unspecified atom stereocenters. The summed E-state index contributed by atoms with van der Waals surface area (Å²) in [6.45, 7) is 4.18. The number of aliphatic hydroxyl groups is 3. The number of rotatable bonds is 6. The summed E-state index contributed by atoms with van der Waals surface area (Å²) >= 11 is 0. The van der Waals surface area contributed by atoms with Crippen LogP contribution in [0.2, 0.25) is 0 Å². The zero-order chi connectivity index (χ0) is 23.6. The molecule has 0 aromatic heterocycles. The molecule has 1 saturated heterocycles. The summed E-state index contributed by atoms with van der Waals surface area (Å²) in [7, 11) is 6.79. The van der Waals surface area contributed by atoms with Gasteiger partial charge in [0.1, 0.15) is 11.2 Å². The zero-order valence-corrected chi connectivity index (χ0v) is 20.6. The van der Waals surface area contributed by atoms with Crippen molar-refractivity contribution in [2.24, 2.45) is 34.5 Å². The van der Waals surface area contributed by atoms with Gasteiger partial charge in [0.15, 0.2) is 0 Å². The van der Waals surface area contributed by atoms with E-state index in [0.29, 0.717) is 19.4 Å². The van der Waals surface area contributed by atoms with E-state index in [4.69, 9.17) is 18.9 Å². The largest absolute Gasteiger partial charge is 0.392 e. The highest BCUT2D eigenvalue weighted by Crippen LogP contribution is 2.80. The van der Waals surface area contributed by atoms with Gasteiger partial charge < -0.3 is 34.3 Å². The molecule has 188 valence electrons. The molecule has 5 aliphatic carbocycles. The van der Waals surface area contributed by atoms with E-state index >= 15 is 0 Å². The molecule has 0 aromatic carbocycles. The number of fused-ring (bicyclic) bond motifs is 2. The lowest BCUT2D eigenvalue weighted by Crippen LogP contribution is -2.82. The number of aliphatic hydroxyl groups excluding tert-OH is 1. The molecule has 1 aliphatic heterocycles. The third kappa shape index (κ3) is 2.20. The van der Waals surface area contributed by atoms with Crippen LogP contribution in [0.25, 0.3) is 0 Å². The second-order valence-corrected chi connectivity index (χ2v) is 11.9. The second kappa shape index (κ2) is 7.13. The van der Waals surface area contributed by atoms with Gasteiger partial charge in [0.25, 0.3) is 0 Å². The van der Waals surface area contributed by atoms with E-state index < -0.39 is 28.8 Å². The summed E-state index contributed by atoms with van der Waals surface area (Å²) in [6.07, 6.45) is 1.06. The smallest absolute Gasteiger partial charge is 0.136 e. The molecule has 0 radical (unpaired) electrons. The molecular formula is C25H41NO7. The van der Waals surface area contributed by atoms with Crippen molar-refractivity contribution in [1.29, 1.82) is 0 Å². The molecule has 1 heterocycles. The molecule has 3 N–H and O–H groups in total. The van der Waals surface area contributed by atoms with Crippen molar-refractivity contribution in [2.45, 2.75) is 74.3 Å². The molecule has 0 aromatic rings. The number of hydrogen-bond donors (Lipinski definition) is 3. The predicted octanol–water partition coefficient (Wildman–Crippen LogP) is 0.271. The Kier molecular flexibility index (Phi) is 4.99. The van der Waals surface area contributed by atoms with Crippen LogP contribution in [0.4, 0.5) is 0 Å². The fourth-order valence-corrected chi connectivity index (χ4v) is 11.0. The van der Waals surface area contributed by atoms with Gasteiger partial charge in [0.05, 0.1) is 37.1 Å². The first kappa shape index (κ1) is 23.1. The van der Waals surface area contributed by atoms with E-state index in [2.05, 4.69) is 11.8 Å². The zero-order valence-electron chi connectivity index (χ0n) is 20.6. The van der Waals surface area contributed by atoms with E-state index in [1.54, 1.807) is 28.4 Å². The number of nitrogens with zero attached hydrogens (tertiary/aromatic N) is 1. The van der Waals surface area contributed by atoms with Gasteiger partial charge >= 0.3 is 0 Å². The van der Waals surface area contributed by atoms with Gasteiger partial charge in [0, 0.05) is 70.0 Å². The van der Waals surface area contributed by atoms with Crippen molar-refractivity contribution >= 4 is 0 Å². The number of likely N-dealkylation sites (N-methyl/N-ethyl adjacent to an activating group) is 1. The van der Waals surface area contributed by atoms with Crippen LogP contribution in [0.15, 0.2) is 0 Å². The van der Waals surface area contributed by atoms with Crippen molar-refractivity contribution in [3.05, 3.63) is 0 Å². The Balaban J connectivity index is 1.67. The number of hydrogen-bond acceptors (Lipinski definition) is 8. The van der Waals surface area contributed by atoms with E-state index in [1.807, 2.05) is 0 Å². The Morgan fingerprint density at radius 3 is 2.42 bits per heavy atom. The number of piperidine rings is 1. The molecule has 1 spiro atoms. The fourth-order valence-electron chi connectivity index (χ4n) is 11.0. The van der Waals surface area contributed by atoms with Crippen molar-refractivity contribution in [2.75, 3.05) is 48.1 Å². The third-order valence-electron chi connectivity index (χ3n) is 11.5. The van der Waals surface area contributed by atoms with E-state index in [9.17, 15) is 15.3 Å². The lowest BCUT2D eigenvalue weighted by Gasteiger charge is -2.69. The van der Waals surface area contributed by atoms with Gasteiger partial charge in [-0.05, 0) is 31.7 Å². The predicted molar refractivity (Wildman–Crippen MR) is 119 cm³/mol. The van der Waals surface area contributed by atoms with Crippen molar-refractivity contribution < 1.29 is 34.3 Å². The number of methoxy groups -OCH3 is 4. The highest BCUT2D eigenvalue weighted by atomic mass is 16.5. The normalized spacial score (nSPS) is 60.9. The summed E-state index contributed by atoms with van der Waals surface area (Å²) in [4.78, 5) is 2.33. The number of likely N-dealkylation sites (tertiary alicyclic amines) is 1. The molecule has 13 atom stereocenters. The summed E-state index contributed by atoms with van der Waals surface area (Å²) in [5, 5.41) is 37.6. The molecule has 5 saturated carbocycles. The van der Waals surface area contributed by atoms with Crippen LogP contribution >= 0.6 is 0 Å². The van der Waals surface area contributed by atoms with Gasteiger partial charge in [-0.25, -0.2) is 0 Å². The minimum Gasteiger partial charge on any atom is -0.392 e. The van der Waals surface area contributed by atoms with Gasteiger partial charge in [-0.15, -0.1) is 0 Å². The first-order valence-electron chi connectivity index (χ1n) is 12.7. The molecule has 6 aliphatic rings. The first-order valence-corrected chi connectivity index (χ1v) is 12.7. The Bertz CT molecular complexity index is 814. The van der Waals surface area contributed by atoms with Crippen molar-refractivity contribution in [3.8, 4) is 0 Å². The molecule has 0 amide bonds. The molecule has 6 rings (SSSR count). The highest BCUT2D eigenvalue weighted by Gasteiger charge is 2.91. The Morgan fingerprint density at radius 1 is 1.06 bits per heavy atom. The Hall–Kier alpha value is -0.320. The maximum absolute atomic E-state index is 12.9. The minimum absolute atomic E-state index is 0.00825. The van der Waals surface area contributed by atoms with Crippen molar-refractivity contribution in [3.63, 3.8) is 0 Å². The molecule has 7 bridgehead atoms. The summed E-state index contributed by atoms with van der Waals surface area (Å²) in [5.74, 6) is -0.231. The maximum atomic E-state index is 12.9. The maximum Gasteiger partial charge on any atom is 0.136 e.